The van der Waals surface area contributed by atoms with Crippen molar-refractivity contribution in [3.8, 4) is 0 Å². The van der Waals surface area contributed by atoms with Crippen molar-refractivity contribution in [2.24, 2.45) is 5.84 Å². The van der Waals surface area contributed by atoms with Crippen molar-refractivity contribution < 1.29 is 9.72 Å². The number of aromatic nitrogens is 1. The van der Waals surface area contributed by atoms with E-state index in [1.807, 2.05) is 0 Å². The lowest BCUT2D eigenvalue weighted by atomic mass is 10.1. The Bertz CT molecular complexity index is 660. The maximum Gasteiger partial charge on any atom is 0.293 e. The van der Waals surface area contributed by atoms with Gasteiger partial charge < -0.3 is 10.7 Å². The lowest BCUT2D eigenvalue weighted by molar-refractivity contribution is -0.384. The Morgan fingerprint density at radius 2 is 2.00 bits per heavy atom. The van der Waals surface area contributed by atoms with Gasteiger partial charge in [-0.3, -0.25) is 25.7 Å². The highest BCUT2D eigenvalue weighted by Crippen LogP contribution is 2.24. The fourth-order valence-electron chi connectivity index (χ4n) is 1.74. The van der Waals surface area contributed by atoms with Crippen LogP contribution >= 0.6 is 0 Å². The zero-order valence-electron chi connectivity index (χ0n) is 10.9. The summed E-state index contributed by atoms with van der Waals surface area (Å²) in [5.41, 5.74) is 3.29. The first-order chi connectivity index (χ1) is 10.1. The number of nitrogens with one attached hydrogen (secondary N) is 2. The van der Waals surface area contributed by atoms with Gasteiger partial charge in [-0.05, 0) is 29.8 Å². The van der Waals surface area contributed by atoms with E-state index < -0.39 is 4.92 Å². The fraction of sp³-hybridized carbons (Fsp3) is 0.0769. The van der Waals surface area contributed by atoms with Crippen LogP contribution in [-0.2, 0) is 6.54 Å². The molecule has 0 aliphatic heterocycles. The van der Waals surface area contributed by atoms with E-state index in [4.69, 9.17) is 5.84 Å². The zero-order chi connectivity index (χ0) is 15.2. The molecular formula is C13H13N5O3. The van der Waals surface area contributed by atoms with Crippen LogP contribution in [0.25, 0.3) is 0 Å². The van der Waals surface area contributed by atoms with Gasteiger partial charge >= 0.3 is 0 Å². The number of hydrogen-bond acceptors (Lipinski definition) is 6. The van der Waals surface area contributed by atoms with E-state index in [0.717, 1.165) is 5.56 Å². The Hall–Kier alpha value is -3.00. The van der Waals surface area contributed by atoms with Gasteiger partial charge in [-0.25, -0.2) is 0 Å². The third-order valence-electron chi connectivity index (χ3n) is 2.81. The van der Waals surface area contributed by atoms with Crippen molar-refractivity contribution >= 4 is 17.3 Å². The van der Waals surface area contributed by atoms with Crippen LogP contribution in [0.2, 0.25) is 0 Å². The number of nitrogen functional groups attached to an aromatic ring is 1. The number of benzene rings is 1. The Kier molecular flexibility index (Phi) is 4.42. The summed E-state index contributed by atoms with van der Waals surface area (Å²) in [7, 11) is 0. The number of nitrogens with two attached hydrogens (primary N) is 1. The highest BCUT2D eigenvalue weighted by atomic mass is 16.6. The number of nitrogens with zero attached hydrogens (tertiary/aromatic N) is 2. The molecule has 0 atom stereocenters. The number of anilines is 1. The van der Waals surface area contributed by atoms with Crippen molar-refractivity contribution in [2.45, 2.75) is 6.54 Å². The van der Waals surface area contributed by atoms with Crippen LogP contribution in [0.4, 0.5) is 11.4 Å². The highest BCUT2D eigenvalue weighted by molar-refractivity contribution is 5.95. The summed E-state index contributed by atoms with van der Waals surface area (Å²) in [5.74, 6) is 4.88. The molecule has 0 bridgehead atoms. The first-order valence-corrected chi connectivity index (χ1v) is 6.04. The van der Waals surface area contributed by atoms with Gasteiger partial charge in [0.1, 0.15) is 5.69 Å². The van der Waals surface area contributed by atoms with Crippen molar-refractivity contribution in [1.82, 2.24) is 10.3 Å². The Labute approximate surface area is 120 Å². The molecule has 2 rings (SSSR count). The Morgan fingerprint density at radius 3 is 2.62 bits per heavy atom. The minimum atomic E-state index is -0.576. The minimum Gasteiger partial charge on any atom is -0.348 e. The van der Waals surface area contributed by atoms with Crippen LogP contribution in [0, 0.1) is 10.1 Å². The van der Waals surface area contributed by atoms with Gasteiger partial charge in [0, 0.05) is 30.6 Å². The summed E-state index contributed by atoms with van der Waals surface area (Å²) in [4.78, 5) is 26.1. The summed E-state index contributed by atoms with van der Waals surface area (Å²) < 4.78 is 0. The van der Waals surface area contributed by atoms with Gasteiger partial charge in [-0.15, -0.1) is 0 Å². The molecule has 2 aromatic rings. The van der Waals surface area contributed by atoms with E-state index in [-0.39, 0.29) is 22.8 Å². The third-order valence-corrected chi connectivity index (χ3v) is 2.81. The second-order valence-corrected chi connectivity index (χ2v) is 4.17. The minimum absolute atomic E-state index is 0.0801. The van der Waals surface area contributed by atoms with E-state index in [2.05, 4.69) is 15.7 Å². The van der Waals surface area contributed by atoms with Crippen molar-refractivity contribution in [1.29, 1.82) is 0 Å². The van der Waals surface area contributed by atoms with Gasteiger partial charge in [0.25, 0.3) is 11.6 Å². The van der Waals surface area contributed by atoms with E-state index >= 15 is 0 Å². The molecule has 0 aliphatic carbocycles. The number of nitro benzene ring substituents is 1. The molecular weight excluding hydrogens is 274 g/mol. The smallest absolute Gasteiger partial charge is 0.293 e. The molecule has 0 fully saturated rings. The number of hydrogen-bond donors (Lipinski definition) is 3. The monoisotopic (exact) mass is 287 g/mol. The molecule has 4 N–H and O–H groups in total. The van der Waals surface area contributed by atoms with Gasteiger partial charge in [0.2, 0.25) is 0 Å². The molecule has 1 amide bonds. The van der Waals surface area contributed by atoms with Crippen LogP contribution in [0.5, 0.6) is 0 Å². The molecule has 1 heterocycles. The summed E-state index contributed by atoms with van der Waals surface area (Å²) in [6, 6.07) is 7.50. The summed E-state index contributed by atoms with van der Waals surface area (Å²) in [6.07, 6.45) is 3.26. The molecule has 0 radical (unpaired) electrons. The van der Waals surface area contributed by atoms with E-state index in [9.17, 15) is 14.9 Å². The van der Waals surface area contributed by atoms with Gasteiger partial charge in [0.05, 0.1) is 4.92 Å². The van der Waals surface area contributed by atoms with Crippen molar-refractivity contribution in [3.05, 3.63) is 64.0 Å². The average molecular weight is 287 g/mol. The van der Waals surface area contributed by atoms with Gasteiger partial charge in [-0.2, -0.15) is 0 Å². The quantitative estimate of drug-likeness (QED) is 0.431. The maximum absolute atomic E-state index is 12.0. The van der Waals surface area contributed by atoms with Crippen molar-refractivity contribution in [3.63, 3.8) is 0 Å². The topological polar surface area (TPSA) is 123 Å². The number of amides is 1. The number of carbonyl (C=O) groups excluding carboxylic acids is 1. The first kappa shape index (κ1) is 14.4. The largest absolute Gasteiger partial charge is 0.348 e. The van der Waals surface area contributed by atoms with Crippen LogP contribution in [0.15, 0.2) is 42.7 Å². The molecule has 1 aromatic heterocycles. The zero-order valence-corrected chi connectivity index (χ0v) is 10.9. The molecule has 0 spiro atoms. The Morgan fingerprint density at radius 1 is 1.29 bits per heavy atom. The molecule has 108 valence electrons. The average Bonchev–Trinajstić information content (AvgIpc) is 2.52. The molecule has 0 saturated heterocycles. The number of hydrazine groups is 1. The summed E-state index contributed by atoms with van der Waals surface area (Å²) in [6.45, 7) is 0.337. The predicted molar refractivity (Wildman–Crippen MR) is 76.3 cm³/mol. The van der Waals surface area contributed by atoms with Gasteiger partial charge in [-0.1, -0.05) is 0 Å². The number of carbonyl (C=O) groups is 1. The van der Waals surface area contributed by atoms with Gasteiger partial charge in [0.15, 0.2) is 0 Å². The molecule has 0 unspecified atom stereocenters. The fourth-order valence-corrected chi connectivity index (χ4v) is 1.74. The summed E-state index contributed by atoms with van der Waals surface area (Å²) >= 11 is 0. The highest BCUT2D eigenvalue weighted by Gasteiger charge is 2.15. The maximum atomic E-state index is 12.0. The second-order valence-electron chi connectivity index (χ2n) is 4.17. The number of rotatable bonds is 5. The number of pyridine rings is 1. The molecule has 0 saturated carbocycles. The molecule has 1 aromatic carbocycles. The van der Waals surface area contributed by atoms with E-state index in [0.29, 0.717) is 6.54 Å². The van der Waals surface area contributed by atoms with E-state index in [1.165, 1.54) is 18.2 Å². The predicted octanol–water partition coefficient (Wildman–Crippen LogP) is 1.21. The van der Waals surface area contributed by atoms with Crippen molar-refractivity contribution in [2.75, 3.05) is 5.43 Å². The van der Waals surface area contributed by atoms with Crippen LogP contribution in [0.3, 0.4) is 0 Å². The first-order valence-electron chi connectivity index (χ1n) is 6.04. The molecule has 21 heavy (non-hydrogen) atoms. The molecule has 8 nitrogen and oxygen atoms in total. The standard InChI is InChI=1S/C13H13N5O3/c14-17-11-7-10(1-2-12(11)18(20)21)13(19)16-8-9-3-5-15-6-4-9/h1-7,17H,8,14H2,(H,16,19). The van der Waals surface area contributed by atoms with Crippen LogP contribution in [0.1, 0.15) is 15.9 Å². The normalized spacial score (nSPS) is 9.95. The summed E-state index contributed by atoms with van der Waals surface area (Å²) in [5, 5.41) is 13.5. The second kappa shape index (κ2) is 6.44. The van der Waals surface area contributed by atoms with Crippen LogP contribution in [-0.4, -0.2) is 15.8 Å². The number of nitro groups is 1. The molecule has 0 aliphatic rings. The molecule has 8 heteroatoms. The SMILES string of the molecule is NNc1cc(C(=O)NCc2ccncc2)ccc1[N+](=O)[O-]. The lowest BCUT2D eigenvalue weighted by Gasteiger charge is -2.07. The van der Waals surface area contributed by atoms with E-state index in [1.54, 1.807) is 24.5 Å². The van der Waals surface area contributed by atoms with Crippen LogP contribution < -0.4 is 16.6 Å². The third kappa shape index (κ3) is 3.51. The lowest BCUT2D eigenvalue weighted by Crippen LogP contribution is -2.23. The Balaban J connectivity index is 2.11.